The highest BCUT2D eigenvalue weighted by Crippen LogP contribution is 2.41. The molecule has 5 nitrogen and oxygen atoms in total. The fourth-order valence-corrected chi connectivity index (χ4v) is 3.20. The molecule has 0 aliphatic heterocycles. The SMILES string of the molecule is CN=C(NCc1ccc(C)cc1OCCOC)NC1CC1c1ccccc1F.I. The summed E-state index contributed by atoms with van der Waals surface area (Å²) in [6.07, 6.45) is 0.900. The summed E-state index contributed by atoms with van der Waals surface area (Å²) < 4.78 is 24.8. The van der Waals surface area contributed by atoms with Crippen LogP contribution < -0.4 is 15.4 Å². The topological polar surface area (TPSA) is 54.9 Å². The van der Waals surface area contributed by atoms with Crippen LogP contribution in [0.15, 0.2) is 47.5 Å². The van der Waals surface area contributed by atoms with Crippen molar-refractivity contribution in [3.05, 3.63) is 65.0 Å². The number of rotatable bonds is 8. The summed E-state index contributed by atoms with van der Waals surface area (Å²) >= 11 is 0. The van der Waals surface area contributed by atoms with Crippen molar-refractivity contribution in [3.8, 4) is 5.75 Å². The van der Waals surface area contributed by atoms with Crippen molar-refractivity contribution in [2.45, 2.75) is 31.8 Å². The monoisotopic (exact) mass is 513 g/mol. The van der Waals surface area contributed by atoms with Crippen molar-refractivity contribution < 1.29 is 13.9 Å². The summed E-state index contributed by atoms with van der Waals surface area (Å²) in [5, 5.41) is 6.71. The number of nitrogens with one attached hydrogen (secondary N) is 2. The molecule has 0 amide bonds. The normalized spacial score (nSPS) is 18.0. The molecule has 2 N–H and O–H groups in total. The molecule has 0 heterocycles. The fourth-order valence-electron chi connectivity index (χ4n) is 3.20. The van der Waals surface area contributed by atoms with E-state index in [0.29, 0.717) is 25.7 Å². The Kier molecular flexibility index (Phi) is 9.16. The lowest BCUT2D eigenvalue weighted by molar-refractivity contribution is 0.145. The van der Waals surface area contributed by atoms with Crippen molar-refractivity contribution >= 4 is 29.9 Å². The molecule has 0 spiro atoms. The molecule has 1 aliphatic carbocycles. The molecule has 2 unspecified atom stereocenters. The summed E-state index contributed by atoms with van der Waals surface area (Å²) in [6, 6.07) is 13.3. The first kappa shape index (κ1) is 23.4. The summed E-state index contributed by atoms with van der Waals surface area (Å²) in [4.78, 5) is 4.30. The number of nitrogens with zero attached hydrogens (tertiary/aromatic N) is 1. The molecule has 2 atom stereocenters. The van der Waals surface area contributed by atoms with Crippen molar-refractivity contribution in [1.29, 1.82) is 0 Å². The molecule has 3 rings (SSSR count). The van der Waals surface area contributed by atoms with Gasteiger partial charge in [0.25, 0.3) is 0 Å². The van der Waals surface area contributed by atoms with E-state index in [1.807, 2.05) is 25.1 Å². The van der Waals surface area contributed by atoms with Crippen molar-refractivity contribution in [2.75, 3.05) is 27.4 Å². The zero-order valence-electron chi connectivity index (χ0n) is 17.1. The second-order valence-corrected chi connectivity index (χ2v) is 6.99. The molecule has 2 aromatic carbocycles. The van der Waals surface area contributed by atoms with E-state index < -0.39 is 0 Å². The molecule has 0 aromatic heterocycles. The average Bonchev–Trinajstić information content (AvgIpc) is 3.45. The van der Waals surface area contributed by atoms with Gasteiger partial charge >= 0.3 is 0 Å². The molecule has 1 aliphatic rings. The second kappa shape index (κ2) is 11.3. The first-order valence-corrected chi connectivity index (χ1v) is 9.55. The third kappa shape index (κ3) is 6.57. The van der Waals surface area contributed by atoms with Crippen LogP contribution >= 0.6 is 24.0 Å². The zero-order chi connectivity index (χ0) is 19.9. The number of ether oxygens (including phenoxy) is 2. The molecule has 7 heteroatoms. The van der Waals surface area contributed by atoms with E-state index in [2.05, 4.69) is 27.8 Å². The highest BCUT2D eigenvalue weighted by Gasteiger charge is 2.40. The number of aryl methyl sites for hydroxylation is 1. The molecule has 158 valence electrons. The van der Waals surface area contributed by atoms with Crippen molar-refractivity contribution in [3.63, 3.8) is 0 Å². The highest BCUT2D eigenvalue weighted by atomic mass is 127. The van der Waals surface area contributed by atoms with E-state index in [1.54, 1.807) is 20.2 Å². The van der Waals surface area contributed by atoms with E-state index in [9.17, 15) is 4.39 Å². The van der Waals surface area contributed by atoms with Gasteiger partial charge in [-0.05, 0) is 36.6 Å². The van der Waals surface area contributed by atoms with Gasteiger partial charge in [0.15, 0.2) is 5.96 Å². The molecular weight excluding hydrogens is 484 g/mol. The van der Waals surface area contributed by atoms with Crippen LogP contribution in [0, 0.1) is 12.7 Å². The van der Waals surface area contributed by atoms with Crippen LogP contribution in [0.3, 0.4) is 0 Å². The number of guanidine groups is 1. The van der Waals surface area contributed by atoms with Crippen LogP contribution in [0.5, 0.6) is 5.75 Å². The maximum Gasteiger partial charge on any atom is 0.191 e. The quantitative estimate of drug-likeness (QED) is 0.243. The van der Waals surface area contributed by atoms with Crippen LogP contribution in [-0.4, -0.2) is 39.4 Å². The Bertz CT molecular complexity index is 831. The number of methoxy groups -OCH3 is 1. The lowest BCUT2D eigenvalue weighted by Gasteiger charge is -2.15. The van der Waals surface area contributed by atoms with Gasteiger partial charge in [0.2, 0.25) is 0 Å². The average molecular weight is 513 g/mol. The third-order valence-electron chi connectivity index (χ3n) is 4.85. The summed E-state index contributed by atoms with van der Waals surface area (Å²) in [7, 11) is 3.39. The van der Waals surface area contributed by atoms with E-state index in [-0.39, 0.29) is 41.8 Å². The van der Waals surface area contributed by atoms with E-state index >= 15 is 0 Å². The Hall–Kier alpha value is -1.87. The standard InChI is InChI=1S/C22H28FN3O2.HI/c1-15-8-9-16(21(12-15)28-11-10-27-3)14-25-22(24-2)26-20-13-18(20)17-6-4-5-7-19(17)23;/h4-9,12,18,20H,10-11,13-14H2,1-3H3,(H2,24,25,26);1H. The van der Waals surface area contributed by atoms with Gasteiger partial charge in [0.1, 0.15) is 18.2 Å². The zero-order valence-corrected chi connectivity index (χ0v) is 19.4. The largest absolute Gasteiger partial charge is 0.491 e. The van der Waals surface area contributed by atoms with Crippen LogP contribution in [0.4, 0.5) is 4.39 Å². The minimum absolute atomic E-state index is 0. The number of aliphatic imine (C=N–C) groups is 1. The lowest BCUT2D eigenvalue weighted by atomic mass is 10.1. The Morgan fingerprint density at radius 3 is 2.72 bits per heavy atom. The van der Waals surface area contributed by atoms with E-state index in [4.69, 9.17) is 9.47 Å². The number of halogens is 2. The van der Waals surface area contributed by atoms with Crippen molar-refractivity contribution in [1.82, 2.24) is 10.6 Å². The van der Waals surface area contributed by atoms with Gasteiger partial charge in [-0.3, -0.25) is 4.99 Å². The minimum atomic E-state index is -0.141. The Morgan fingerprint density at radius 2 is 2.00 bits per heavy atom. The lowest BCUT2D eigenvalue weighted by Crippen LogP contribution is -2.38. The van der Waals surface area contributed by atoms with E-state index in [1.165, 1.54) is 6.07 Å². The first-order valence-electron chi connectivity index (χ1n) is 9.55. The van der Waals surface area contributed by atoms with Gasteiger partial charge in [-0.1, -0.05) is 30.3 Å². The molecule has 29 heavy (non-hydrogen) atoms. The number of hydrogen-bond donors (Lipinski definition) is 2. The van der Waals surface area contributed by atoms with Gasteiger partial charge < -0.3 is 20.1 Å². The van der Waals surface area contributed by atoms with Gasteiger partial charge in [-0.15, -0.1) is 24.0 Å². The molecule has 2 aromatic rings. The van der Waals surface area contributed by atoms with Gasteiger partial charge in [-0.25, -0.2) is 4.39 Å². The van der Waals surface area contributed by atoms with Crippen LogP contribution in [0.25, 0.3) is 0 Å². The smallest absolute Gasteiger partial charge is 0.191 e. The highest BCUT2D eigenvalue weighted by molar-refractivity contribution is 14.0. The summed E-state index contributed by atoms with van der Waals surface area (Å²) in [5.41, 5.74) is 2.96. The van der Waals surface area contributed by atoms with Gasteiger partial charge in [0.05, 0.1) is 6.61 Å². The van der Waals surface area contributed by atoms with Gasteiger partial charge in [0, 0.05) is 38.2 Å². The molecular formula is C22H29FIN3O2. The molecule has 0 bridgehead atoms. The third-order valence-corrected chi connectivity index (χ3v) is 4.85. The first-order chi connectivity index (χ1) is 13.6. The predicted molar refractivity (Wildman–Crippen MR) is 125 cm³/mol. The van der Waals surface area contributed by atoms with Crippen LogP contribution in [0.2, 0.25) is 0 Å². The Morgan fingerprint density at radius 1 is 1.21 bits per heavy atom. The van der Waals surface area contributed by atoms with Crippen LogP contribution in [0.1, 0.15) is 29.0 Å². The van der Waals surface area contributed by atoms with E-state index in [0.717, 1.165) is 28.9 Å². The van der Waals surface area contributed by atoms with Crippen LogP contribution in [-0.2, 0) is 11.3 Å². The second-order valence-electron chi connectivity index (χ2n) is 6.99. The summed E-state index contributed by atoms with van der Waals surface area (Å²) in [5.74, 6) is 1.59. The van der Waals surface area contributed by atoms with Gasteiger partial charge in [-0.2, -0.15) is 0 Å². The maximum absolute atomic E-state index is 14.0. The number of hydrogen-bond acceptors (Lipinski definition) is 3. The number of benzene rings is 2. The summed E-state index contributed by atoms with van der Waals surface area (Å²) in [6.45, 7) is 3.67. The Labute approximate surface area is 189 Å². The van der Waals surface area contributed by atoms with Crippen molar-refractivity contribution in [2.24, 2.45) is 4.99 Å². The molecule has 0 radical (unpaired) electrons. The molecule has 1 saturated carbocycles. The Balaban J connectivity index is 0.00000300. The molecule has 0 saturated heterocycles. The predicted octanol–water partition coefficient (Wildman–Crippen LogP) is 4.00. The maximum atomic E-state index is 14.0. The molecule has 1 fully saturated rings. The fraction of sp³-hybridized carbons (Fsp3) is 0.409. The minimum Gasteiger partial charge on any atom is -0.491 e.